The molecule has 0 atom stereocenters. The van der Waals surface area contributed by atoms with Crippen molar-refractivity contribution < 1.29 is 9.52 Å². The Morgan fingerprint density at radius 1 is 0.920 bits per heavy atom. The molecule has 4 nitrogen and oxygen atoms in total. The van der Waals surface area contributed by atoms with E-state index in [1.807, 2.05) is 48.6 Å². The average molecular weight is 344 g/mol. The summed E-state index contributed by atoms with van der Waals surface area (Å²) in [5, 5.41) is 12.6. The van der Waals surface area contributed by atoms with Crippen molar-refractivity contribution in [3.05, 3.63) is 65.5 Å². The number of phenols is 1. The summed E-state index contributed by atoms with van der Waals surface area (Å²) in [6.07, 6.45) is 3.71. The Morgan fingerprint density at radius 3 is 2.76 bits per heavy atom. The third kappa shape index (κ3) is 2.45. The number of thiazole rings is 1. The fourth-order valence-corrected chi connectivity index (χ4v) is 3.79. The quantitative estimate of drug-likeness (QED) is 0.461. The molecular weight excluding hydrogens is 332 g/mol. The number of benzene rings is 3. The summed E-state index contributed by atoms with van der Waals surface area (Å²) >= 11 is 1.51. The Morgan fingerprint density at radius 2 is 1.80 bits per heavy atom. The molecule has 2 aromatic heterocycles. The highest BCUT2D eigenvalue weighted by Crippen LogP contribution is 2.28. The summed E-state index contributed by atoms with van der Waals surface area (Å²) < 4.78 is 6.88. The van der Waals surface area contributed by atoms with Gasteiger partial charge in [0.05, 0.1) is 10.2 Å². The van der Waals surface area contributed by atoms with Gasteiger partial charge in [-0.2, -0.15) is 0 Å². The van der Waals surface area contributed by atoms with Gasteiger partial charge in [-0.05, 0) is 35.7 Å². The van der Waals surface area contributed by atoms with Crippen LogP contribution in [-0.4, -0.2) is 15.1 Å². The van der Waals surface area contributed by atoms with Gasteiger partial charge in [0.25, 0.3) is 0 Å². The van der Waals surface area contributed by atoms with Gasteiger partial charge in [0, 0.05) is 11.5 Å². The van der Waals surface area contributed by atoms with E-state index in [0.717, 1.165) is 37.1 Å². The number of fused-ring (bicyclic) bond motifs is 4. The number of rotatable bonds is 2. The Balaban J connectivity index is 1.56. The van der Waals surface area contributed by atoms with Crippen molar-refractivity contribution in [3.8, 4) is 5.75 Å². The molecule has 0 radical (unpaired) electrons. The van der Waals surface area contributed by atoms with E-state index in [-0.39, 0.29) is 5.75 Å². The lowest BCUT2D eigenvalue weighted by Crippen LogP contribution is -1.73. The van der Waals surface area contributed by atoms with Gasteiger partial charge in [-0.3, -0.25) is 0 Å². The first-order chi connectivity index (χ1) is 12.3. The molecule has 0 amide bonds. The number of hydrogen-bond acceptors (Lipinski definition) is 5. The molecule has 0 unspecified atom stereocenters. The van der Waals surface area contributed by atoms with Crippen LogP contribution in [0.4, 0.5) is 0 Å². The molecule has 0 saturated carbocycles. The lowest BCUT2D eigenvalue weighted by molar-refractivity contribution is 0.476. The van der Waals surface area contributed by atoms with Gasteiger partial charge in [-0.25, -0.2) is 9.97 Å². The third-order valence-electron chi connectivity index (χ3n) is 4.05. The van der Waals surface area contributed by atoms with Gasteiger partial charge in [0.15, 0.2) is 5.58 Å². The summed E-state index contributed by atoms with van der Waals surface area (Å²) in [6, 6.07) is 17.3. The molecule has 0 fully saturated rings. The van der Waals surface area contributed by atoms with Crippen LogP contribution in [0.2, 0.25) is 0 Å². The number of aromatic hydroxyl groups is 1. The second-order valence-electron chi connectivity index (χ2n) is 5.72. The van der Waals surface area contributed by atoms with Crippen LogP contribution < -0.4 is 0 Å². The molecule has 5 heteroatoms. The normalized spacial score (nSPS) is 12.0. The first-order valence-electron chi connectivity index (χ1n) is 7.82. The number of oxazole rings is 1. The summed E-state index contributed by atoms with van der Waals surface area (Å²) in [5.74, 6) is 0.797. The minimum atomic E-state index is 0.248. The summed E-state index contributed by atoms with van der Waals surface area (Å²) in [6.45, 7) is 0. The van der Waals surface area contributed by atoms with Crippen molar-refractivity contribution in [2.24, 2.45) is 0 Å². The van der Waals surface area contributed by atoms with Crippen LogP contribution in [0.15, 0.2) is 59.0 Å². The molecule has 25 heavy (non-hydrogen) atoms. The monoisotopic (exact) mass is 344 g/mol. The van der Waals surface area contributed by atoms with Gasteiger partial charge >= 0.3 is 0 Å². The Bertz CT molecular complexity index is 1270. The maximum Gasteiger partial charge on any atom is 0.220 e. The van der Waals surface area contributed by atoms with Crippen LogP contribution in [0, 0.1) is 0 Å². The van der Waals surface area contributed by atoms with Crippen LogP contribution in [-0.2, 0) is 0 Å². The highest BCUT2D eigenvalue weighted by Gasteiger charge is 2.08. The van der Waals surface area contributed by atoms with Gasteiger partial charge < -0.3 is 9.52 Å². The highest BCUT2D eigenvalue weighted by molar-refractivity contribution is 7.19. The maximum atomic E-state index is 9.55. The minimum absolute atomic E-state index is 0.248. The van der Waals surface area contributed by atoms with Gasteiger partial charge in [0.2, 0.25) is 5.89 Å². The molecular formula is C20H12N2O2S. The molecule has 0 aliphatic carbocycles. The van der Waals surface area contributed by atoms with E-state index in [1.165, 1.54) is 11.3 Å². The first kappa shape index (κ1) is 14.2. The SMILES string of the molecule is Oc1ccc2nc(/C=C/c3nc4ccc5ccccc5c4o3)sc2c1. The predicted molar refractivity (Wildman–Crippen MR) is 102 cm³/mol. The summed E-state index contributed by atoms with van der Waals surface area (Å²) in [4.78, 5) is 9.05. The van der Waals surface area contributed by atoms with E-state index in [9.17, 15) is 5.11 Å². The fraction of sp³-hybridized carbons (Fsp3) is 0. The second kappa shape index (κ2) is 5.43. The molecule has 0 aliphatic heterocycles. The van der Waals surface area contributed by atoms with E-state index in [2.05, 4.69) is 16.0 Å². The smallest absolute Gasteiger partial charge is 0.220 e. The molecule has 0 aliphatic rings. The van der Waals surface area contributed by atoms with Crippen molar-refractivity contribution in [1.29, 1.82) is 0 Å². The Hall–Kier alpha value is -3.18. The van der Waals surface area contributed by atoms with Crippen LogP contribution in [0.25, 0.3) is 44.2 Å². The average Bonchev–Trinajstić information content (AvgIpc) is 3.22. The van der Waals surface area contributed by atoms with Crippen molar-refractivity contribution >= 4 is 55.6 Å². The lowest BCUT2D eigenvalue weighted by atomic mass is 10.1. The zero-order valence-corrected chi connectivity index (χ0v) is 13.8. The summed E-state index contributed by atoms with van der Waals surface area (Å²) in [7, 11) is 0. The number of phenolic OH excluding ortho intramolecular Hbond substituents is 1. The zero-order chi connectivity index (χ0) is 16.8. The third-order valence-corrected chi connectivity index (χ3v) is 5.04. The number of hydrogen-bond donors (Lipinski definition) is 1. The fourth-order valence-electron chi connectivity index (χ4n) is 2.89. The van der Waals surface area contributed by atoms with Gasteiger partial charge in [-0.15, -0.1) is 11.3 Å². The number of aromatic nitrogens is 2. The van der Waals surface area contributed by atoms with Crippen LogP contribution >= 0.6 is 11.3 Å². The molecule has 120 valence electrons. The van der Waals surface area contributed by atoms with Crippen LogP contribution in [0.1, 0.15) is 10.9 Å². The molecule has 3 aromatic carbocycles. The van der Waals surface area contributed by atoms with Crippen molar-refractivity contribution in [2.75, 3.05) is 0 Å². The first-order valence-corrected chi connectivity index (χ1v) is 8.64. The van der Waals surface area contributed by atoms with E-state index < -0.39 is 0 Å². The molecule has 2 heterocycles. The van der Waals surface area contributed by atoms with Crippen LogP contribution in [0.3, 0.4) is 0 Å². The topological polar surface area (TPSA) is 59.2 Å². The molecule has 5 rings (SSSR count). The standard InChI is InChI=1S/C20H12N2O2S/c23-13-6-8-15-17(11-13)25-19(22-15)10-9-18-21-16-7-5-12-3-1-2-4-14(12)20(16)24-18/h1-11,23H/b10-9+. The van der Waals surface area contributed by atoms with Crippen molar-refractivity contribution in [1.82, 2.24) is 9.97 Å². The molecule has 0 bridgehead atoms. The van der Waals surface area contributed by atoms with E-state index in [1.54, 1.807) is 12.1 Å². The Labute approximate surface area is 146 Å². The largest absolute Gasteiger partial charge is 0.508 e. The van der Waals surface area contributed by atoms with E-state index in [4.69, 9.17) is 4.42 Å². The lowest BCUT2D eigenvalue weighted by Gasteiger charge is -1.95. The second-order valence-corrected chi connectivity index (χ2v) is 6.79. The highest BCUT2D eigenvalue weighted by atomic mass is 32.1. The van der Waals surface area contributed by atoms with Crippen molar-refractivity contribution in [2.45, 2.75) is 0 Å². The predicted octanol–water partition coefficient (Wildman–Crippen LogP) is 5.47. The number of nitrogens with zero attached hydrogens (tertiary/aromatic N) is 2. The van der Waals surface area contributed by atoms with Gasteiger partial charge in [-0.1, -0.05) is 30.3 Å². The molecule has 0 spiro atoms. The van der Waals surface area contributed by atoms with E-state index in [0.29, 0.717) is 5.89 Å². The molecule has 5 aromatic rings. The van der Waals surface area contributed by atoms with E-state index >= 15 is 0 Å². The molecule has 1 N–H and O–H groups in total. The van der Waals surface area contributed by atoms with Gasteiger partial charge in [0.1, 0.15) is 16.3 Å². The van der Waals surface area contributed by atoms with Crippen LogP contribution in [0.5, 0.6) is 5.75 Å². The maximum absolute atomic E-state index is 9.55. The molecule has 0 saturated heterocycles. The zero-order valence-electron chi connectivity index (χ0n) is 13.0. The summed E-state index contributed by atoms with van der Waals surface area (Å²) in [5.41, 5.74) is 2.51. The van der Waals surface area contributed by atoms with Crippen molar-refractivity contribution in [3.63, 3.8) is 0 Å². The minimum Gasteiger partial charge on any atom is -0.508 e. The Kier molecular flexibility index (Phi) is 3.08.